The molecule has 0 aliphatic rings. The second-order valence-electron chi connectivity index (χ2n) is 3.95. The molecule has 1 atom stereocenters. The summed E-state index contributed by atoms with van der Waals surface area (Å²) < 4.78 is 44.6. The predicted octanol–water partition coefficient (Wildman–Crippen LogP) is 2.08. The fourth-order valence-corrected chi connectivity index (χ4v) is 3.04. The van der Waals surface area contributed by atoms with Crippen LogP contribution < -0.4 is 4.72 Å². The number of nitrogens with one attached hydrogen (secondary N) is 1. The number of benzene rings is 1. The molecule has 0 amide bonds. The van der Waals surface area contributed by atoms with Crippen molar-refractivity contribution in [2.45, 2.75) is 10.9 Å². The summed E-state index contributed by atoms with van der Waals surface area (Å²) in [5.41, 5.74) is 0. The zero-order valence-electron chi connectivity index (χ0n) is 10.1. The van der Waals surface area contributed by atoms with E-state index in [0.29, 0.717) is 0 Å². The Morgan fingerprint density at radius 3 is 2.70 bits per heavy atom. The maximum Gasteiger partial charge on any atom is 0.241 e. The van der Waals surface area contributed by atoms with Crippen LogP contribution in [0, 0.1) is 5.82 Å². The number of halogens is 2. The van der Waals surface area contributed by atoms with Crippen molar-refractivity contribution in [3.63, 3.8) is 0 Å². The predicted molar refractivity (Wildman–Crippen MR) is 70.3 cm³/mol. The number of sulfonamides is 1. The number of hydrogen-bond donors (Lipinski definition) is 2. The van der Waals surface area contributed by atoms with E-state index in [2.05, 4.69) is 4.72 Å². The van der Waals surface area contributed by atoms with Crippen molar-refractivity contribution in [1.29, 1.82) is 0 Å². The topological polar surface area (TPSA) is 79.5 Å². The summed E-state index contributed by atoms with van der Waals surface area (Å²) in [6, 6.07) is 5.20. The molecule has 2 aromatic rings. The van der Waals surface area contributed by atoms with Gasteiger partial charge in [0.2, 0.25) is 10.0 Å². The van der Waals surface area contributed by atoms with Crippen LogP contribution in [0.3, 0.4) is 0 Å². The van der Waals surface area contributed by atoms with Crippen LogP contribution in [-0.2, 0) is 10.0 Å². The Labute approximate surface area is 120 Å². The van der Waals surface area contributed by atoms with E-state index in [9.17, 15) is 17.9 Å². The maximum absolute atomic E-state index is 13.0. The molecule has 1 heterocycles. The van der Waals surface area contributed by atoms with Gasteiger partial charge in [-0.25, -0.2) is 12.8 Å². The summed E-state index contributed by atoms with van der Waals surface area (Å²) in [5.74, 6) is -0.445. The van der Waals surface area contributed by atoms with Crippen molar-refractivity contribution in [2.75, 3.05) is 6.61 Å². The highest BCUT2D eigenvalue weighted by Gasteiger charge is 2.23. The van der Waals surface area contributed by atoms with Gasteiger partial charge in [0, 0.05) is 0 Å². The van der Waals surface area contributed by atoms with Gasteiger partial charge in [-0.3, -0.25) is 0 Å². The minimum Gasteiger partial charge on any atom is -0.468 e. The van der Waals surface area contributed by atoms with Gasteiger partial charge in [-0.2, -0.15) is 4.72 Å². The van der Waals surface area contributed by atoms with Gasteiger partial charge in [0.15, 0.2) is 0 Å². The normalized spacial score (nSPS) is 13.3. The fourth-order valence-electron chi connectivity index (χ4n) is 1.57. The van der Waals surface area contributed by atoms with Crippen LogP contribution in [0.1, 0.15) is 11.8 Å². The first kappa shape index (κ1) is 15.0. The average Bonchev–Trinajstić information content (AvgIpc) is 2.93. The quantitative estimate of drug-likeness (QED) is 0.884. The molecule has 0 spiro atoms. The highest BCUT2D eigenvalue weighted by atomic mass is 35.5. The van der Waals surface area contributed by atoms with E-state index < -0.39 is 28.5 Å². The van der Waals surface area contributed by atoms with Gasteiger partial charge in [0.05, 0.1) is 22.8 Å². The third-order valence-electron chi connectivity index (χ3n) is 2.57. The average molecular weight is 320 g/mol. The molecule has 0 radical (unpaired) electrons. The van der Waals surface area contributed by atoms with Crippen molar-refractivity contribution >= 4 is 21.6 Å². The molecule has 0 saturated heterocycles. The number of furan rings is 1. The maximum atomic E-state index is 13.0. The Morgan fingerprint density at radius 1 is 1.40 bits per heavy atom. The Morgan fingerprint density at radius 2 is 2.15 bits per heavy atom. The third kappa shape index (κ3) is 3.18. The Balaban J connectivity index is 2.28. The number of hydrogen-bond acceptors (Lipinski definition) is 4. The second-order valence-corrected chi connectivity index (χ2v) is 6.07. The molecule has 20 heavy (non-hydrogen) atoms. The van der Waals surface area contributed by atoms with E-state index in [1.165, 1.54) is 12.3 Å². The number of aliphatic hydroxyl groups excluding tert-OH is 1. The van der Waals surface area contributed by atoms with Crippen LogP contribution >= 0.6 is 11.6 Å². The molecule has 2 rings (SSSR count). The van der Waals surface area contributed by atoms with Crippen molar-refractivity contribution in [3.8, 4) is 0 Å². The summed E-state index contributed by atoms with van der Waals surface area (Å²) >= 11 is 5.55. The highest BCUT2D eigenvalue weighted by Crippen LogP contribution is 2.21. The summed E-state index contributed by atoms with van der Waals surface area (Å²) in [6.07, 6.45) is 1.36. The van der Waals surface area contributed by atoms with E-state index in [4.69, 9.17) is 16.0 Å². The minimum atomic E-state index is -3.96. The molecule has 1 aromatic heterocycles. The van der Waals surface area contributed by atoms with Gasteiger partial charge in [0.25, 0.3) is 0 Å². The fraction of sp³-hybridized carbons (Fsp3) is 0.167. The van der Waals surface area contributed by atoms with Crippen LogP contribution in [0.4, 0.5) is 4.39 Å². The lowest BCUT2D eigenvalue weighted by molar-refractivity contribution is 0.242. The van der Waals surface area contributed by atoms with Gasteiger partial charge in [-0.05, 0) is 30.3 Å². The van der Waals surface area contributed by atoms with E-state index in [1.54, 1.807) is 6.07 Å². The van der Waals surface area contributed by atoms with Crippen molar-refractivity contribution in [1.82, 2.24) is 4.72 Å². The third-order valence-corrected chi connectivity index (χ3v) is 4.33. The van der Waals surface area contributed by atoms with Gasteiger partial charge in [-0.15, -0.1) is 0 Å². The molecule has 1 unspecified atom stereocenters. The van der Waals surface area contributed by atoms with Crippen molar-refractivity contribution < 1.29 is 22.3 Å². The molecule has 0 bridgehead atoms. The van der Waals surface area contributed by atoms with Gasteiger partial charge < -0.3 is 9.52 Å². The SMILES string of the molecule is O=S(=O)(NC(CO)c1ccco1)c1ccc(F)c(Cl)c1. The molecule has 8 heteroatoms. The molecule has 0 saturated carbocycles. The lowest BCUT2D eigenvalue weighted by atomic mass is 10.2. The largest absolute Gasteiger partial charge is 0.468 e. The minimum absolute atomic E-state index is 0.200. The molecule has 5 nitrogen and oxygen atoms in total. The van der Waals surface area contributed by atoms with Crippen molar-refractivity contribution in [3.05, 3.63) is 53.2 Å². The van der Waals surface area contributed by atoms with E-state index in [-0.39, 0.29) is 15.7 Å². The van der Waals surface area contributed by atoms with Gasteiger partial charge >= 0.3 is 0 Å². The van der Waals surface area contributed by atoms with Crippen molar-refractivity contribution in [2.24, 2.45) is 0 Å². The molecule has 0 aliphatic carbocycles. The Hall–Kier alpha value is -1.41. The number of rotatable bonds is 5. The van der Waals surface area contributed by atoms with Crippen LogP contribution in [0.5, 0.6) is 0 Å². The lowest BCUT2D eigenvalue weighted by Gasteiger charge is -2.14. The molecule has 0 aliphatic heterocycles. The van der Waals surface area contributed by atoms with E-state index in [1.807, 2.05) is 0 Å². The molecule has 108 valence electrons. The highest BCUT2D eigenvalue weighted by molar-refractivity contribution is 7.89. The Kier molecular flexibility index (Phi) is 4.44. The summed E-state index contributed by atoms with van der Waals surface area (Å²) in [7, 11) is -3.96. The molecule has 2 N–H and O–H groups in total. The zero-order chi connectivity index (χ0) is 14.8. The summed E-state index contributed by atoms with van der Waals surface area (Å²) in [5, 5.41) is 8.93. The van der Waals surface area contributed by atoms with E-state index in [0.717, 1.165) is 18.2 Å². The molecular formula is C12H11ClFNO4S. The second kappa shape index (κ2) is 5.92. The smallest absolute Gasteiger partial charge is 0.241 e. The number of aliphatic hydroxyl groups is 1. The summed E-state index contributed by atoms with van der Waals surface area (Å²) in [6.45, 7) is -0.484. The molecule has 1 aromatic carbocycles. The van der Waals surface area contributed by atoms with Crippen LogP contribution in [0.25, 0.3) is 0 Å². The molecule has 0 fully saturated rings. The van der Waals surface area contributed by atoms with Crippen LogP contribution in [0.15, 0.2) is 45.9 Å². The standard InChI is InChI=1S/C12H11ClFNO4S/c13-9-6-8(3-4-10(9)14)20(17,18)15-11(7-16)12-2-1-5-19-12/h1-6,11,15-16H,7H2. The zero-order valence-corrected chi connectivity index (χ0v) is 11.7. The lowest BCUT2D eigenvalue weighted by Crippen LogP contribution is -2.30. The first-order valence-corrected chi connectivity index (χ1v) is 7.42. The first-order chi connectivity index (χ1) is 9.44. The van der Waals surface area contributed by atoms with Crippen LogP contribution in [0.2, 0.25) is 5.02 Å². The Bertz CT molecular complexity index is 687. The first-order valence-electron chi connectivity index (χ1n) is 5.55. The monoisotopic (exact) mass is 319 g/mol. The summed E-state index contributed by atoms with van der Waals surface area (Å²) in [4.78, 5) is -0.200. The van der Waals surface area contributed by atoms with E-state index >= 15 is 0 Å². The van der Waals surface area contributed by atoms with Crippen LogP contribution in [-0.4, -0.2) is 20.1 Å². The van der Waals surface area contributed by atoms with Gasteiger partial charge in [0.1, 0.15) is 17.6 Å². The van der Waals surface area contributed by atoms with Gasteiger partial charge in [-0.1, -0.05) is 11.6 Å². The molecular weight excluding hydrogens is 309 g/mol.